The van der Waals surface area contributed by atoms with Crippen LogP contribution < -0.4 is 0 Å². The van der Waals surface area contributed by atoms with E-state index in [2.05, 4.69) is 69.4 Å². The molecule has 110 valence electrons. The fourth-order valence-corrected chi connectivity index (χ4v) is 5.21. The Balaban J connectivity index is 5.26. The van der Waals surface area contributed by atoms with Gasteiger partial charge in [0.25, 0.3) is 0 Å². The summed E-state index contributed by atoms with van der Waals surface area (Å²) in [5, 5.41) is 0. The zero-order valence-electron chi connectivity index (χ0n) is 13.8. The van der Waals surface area contributed by atoms with Crippen LogP contribution in [0.1, 0.15) is 55.4 Å². The first-order valence-electron chi connectivity index (χ1n) is 7.52. The minimum Gasteiger partial charge on any atom is -0.258 e. The highest BCUT2D eigenvalue weighted by Crippen LogP contribution is 2.49. The fourth-order valence-electron chi connectivity index (χ4n) is 2.43. The van der Waals surface area contributed by atoms with Crippen molar-refractivity contribution < 1.29 is 0 Å². The highest BCUT2D eigenvalue weighted by atomic mass is 31.2. The van der Waals surface area contributed by atoms with Crippen LogP contribution in [0.25, 0.3) is 0 Å². The maximum atomic E-state index is 2.69. The third kappa shape index (κ3) is 4.77. The van der Waals surface area contributed by atoms with Crippen LogP contribution in [-0.4, -0.2) is 52.3 Å². The van der Waals surface area contributed by atoms with Gasteiger partial charge in [0.15, 0.2) is 0 Å². The highest BCUT2D eigenvalue weighted by Gasteiger charge is 2.32. The topological polar surface area (TPSA) is 9.72 Å². The summed E-state index contributed by atoms with van der Waals surface area (Å²) in [7, 11) is -0.330. The van der Waals surface area contributed by atoms with E-state index in [-0.39, 0.29) is 8.37 Å². The van der Waals surface area contributed by atoms with Gasteiger partial charge < -0.3 is 0 Å². The van der Waals surface area contributed by atoms with E-state index < -0.39 is 0 Å². The van der Waals surface area contributed by atoms with Crippen molar-refractivity contribution >= 4 is 8.37 Å². The van der Waals surface area contributed by atoms with Gasteiger partial charge in [0.2, 0.25) is 0 Å². The fraction of sp³-hybridized carbons (Fsp3) is 1.00. The van der Waals surface area contributed by atoms with Crippen molar-refractivity contribution in [2.75, 3.05) is 26.2 Å². The Morgan fingerprint density at radius 3 is 1.11 bits per heavy atom. The second-order valence-corrected chi connectivity index (χ2v) is 7.24. The Morgan fingerprint density at radius 1 is 0.667 bits per heavy atom. The second-order valence-electron chi connectivity index (χ2n) is 5.11. The van der Waals surface area contributed by atoms with Crippen LogP contribution in [0, 0.1) is 0 Å². The average molecular weight is 275 g/mol. The van der Waals surface area contributed by atoms with Crippen molar-refractivity contribution in [1.82, 2.24) is 14.0 Å². The maximum Gasteiger partial charge on any atom is 0.120 e. The molecule has 3 nitrogen and oxygen atoms in total. The van der Waals surface area contributed by atoms with Gasteiger partial charge in [-0.2, -0.15) is 0 Å². The van der Waals surface area contributed by atoms with E-state index in [9.17, 15) is 0 Å². The van der Waals surface area contributed by atoms with E-state index in [4.69, 9.17) is 0 Å². The first kappa shape index (κ1) is 18.3. The summed E-state index contributed by atoms with van der Waals surface area (Å²) in [6, 6.07) is 1.19. The summed E-state index contributed by atoms with van der Waals surface area (Å²) >= 11 is 0. The van der Waals surface area contributed by atoms with E-state index in [1.54, 1.807) is 0 Å². The van der Waals surface area contributed by atoms with Crippen molar-refractivity contribution in [2.45, 2.75) is 67.5 Å². The van der Waals surface area contributed by atoms with Gasteiger partial charge in [0.1, 0.15) is 8.37 Å². The summed E-state index contributed by atoms with van der Waals surface area (Å²) in [5.74, 6) is 0. The molecule has 0 aromatic carbocycles. The van der Waals surface area contributed by atoms with Crippen LogP contribution in [0.3, 0.4) is 0 Å². The van der Waals surface area contributed by atoms with E-state index in [1.165, 1.54) is 0 Å². The maximum absolute atomic E-state index is 2.69. The normalized spacial score (nSPS) is 13.0. The molecule has 0 N–H and O–H groups in total. The zero-order valence-corrected chi connectivity index (χ0v) is 14.7. The molecule has 0 aromatic heterocycles. The molecule has 0 saturated heterocycles. The molecule has 0 aliphatic rings. The quantitative estimate of drug-likeness (QED) is 0.589. The second kappa shape index (κ2) is 9.25. The number of rotatable bonds is 9. The van der Waals surface area contributed by atoms with Crippen molar-refractivity contribution in [2.24, 2.45) is 0 Å². The van der Waals surface area contributed by atoms with Gasteiger partial charge in [0.05, 0.1) is 0 Å². The minimum atomic E-state index is -0.330. The molecule has 0 saturated carbocycles. The SMILES string of the molecule is CCN(CC)P(N(CC)CC)N(C(C)C)C(C)C. The lowest BCUT2D eigenvalue weighted by molar-refractivity contribution is 0.266. The largest absolute Gasteiger partial charge is 0.258 e. The third-order valence-electron chi connectivity index (χ3n) is 3.23. The molecule has 0 aliphatic heterocycles. The molecule has 0 fully saturated rings. The summed E-state index contributed by atoms with van der Waals surface area (Å²) < 4.78 is 7.94. The smallest absolute Gasteiger partial charge is 0.120 e. The summed E-state index contributed by atoms with van der Waals surface area (Å²) in [6.45, 7) is 22.9. The first-order chi connectivity index (χ1) is 8.44. The highest BCUT2D eigenvalue weighted by molar-refractivity contribution is 7.50. The van der Waals surface area contributed by atoms with Gasteiger partial charge in [-0.1, -0.05) is 27.7 Å². The molecular weight excluding hydrogens is 241 g/mol. The lowest BCUT2D eigenvalue weighted by atomic mass is 10.3. The van der Waals surface area contributed by atoms with E-state index >= 15 is 0 Å². The Labute approximate surface area is 116 Å². The first-order valence-corrected chi connectivity index (χ1v) is 8.72. The molecular formula is C14H34N3P. The molecule has 0 heterocycles. The van der Waals surface area contributed by atoms with Gasteiger partial charge in [-0.3, -0.25) is 14.0 Å². The van der Waals surface area contributed by atoms with Crippen LogP contribution in [-0.2, 0) is 0 Å². The Morgan fingerprint density at radius 2 is 0.944 bits per heavy atom. The number of hydrogen-bond donors (Lipinski definition) is 0. The van der Waals surface area contributed by atoms with E-state index in [0.717, 1.165) is 26.2 Å². The Kier molecular flexibility index (Phi) is 9.41. The van der Waals surface area contributed by atoms with Crippen LogP contribution in [0.4, 0.5) is 0 Å². The number of hydrogen-bond acceptors (Lipinski definition) is 3. The molecule has 0 rings (SSSR count). The van der Waals surface area contributed by atoms with Crippen LogP contribution in [0.15, 0.2) is 0 Å². The monoisotopic (exact) mass is 275 g/mol. The minimum absolute atomic E-state index is 0.330. The molecule has 18 heavy (non-hydrogen) atoms. The lowest BCUT2D eigenvalue weighted by Crippen LogP contribution is -2.43. The molecule has 0 spiro atoms. The van der Waals surface area contributed by atoms with Crippen LogP contribution in [0.2, 0.25) is 0 Å². The Bertz CT molecular complexity index is 181. The predicted octanol–water partition coefficient (Wildman–Crippen LogP) is 4.02. The predicted molar refractivity (Wildman–Crippen MR) is 84.9 cm³/mol. The Hall–Kier alpha value is 0.310. The molecule has 0 unspecified atom stereocenters. The van der Waals surface area contributed by atoms with Crippen molar-refractivity contribution in [1.29, 1.82) is 0 Å². The van der Waals surface area contributed by atoms with Gasteiger partial charge >= 0.3 is 0 Å². The van der Waals surface area contributed by atoms with Gasteiger partial charge in [-0.15, -0.1) is 0 Å². The number of nitrogens with zero attached hydrogens (tertiary/aromatic N) is 3. The zero-order chi connectivity index (χ0) is 14.3. The van der Waals surface area contributed by atoms with E-state index in [1.807, 2.05) is 0 Å². The summed E-state index contributed by atoms with van der Waals surface area (Å²) in [5.41, 5.74) is 0. The van der Waals surface area contributed by atoms with E-state index in [0.29, 0.717) is 12.1 Å². The molecule has 0 atom stereocenters. The van der Waals surface area contributed by atoms with Gasteiger partial charge in [-0.05, 0) is 27.7 Å². The van der Waals surface area contributed by atoms with Crippen LogP contribution in [0.5, 0.6) is 0 Å². The van der Waals surface area contributed by atoms with Crippen molar-refractivity contribution in [3.05, 3.63) is 0 Å². The summed E-state index contributed by atoms with van der Waals surface area (Å²) in [6.07, 6.45) is 0. The van der Waals surface area contributed by atoms with Crippen molar-refractivity contribution in [3.63, 3.8) is 0 Å². The standard InChI is InChI=1S/C14H34N3P/c1-9-15(10-2)18(16(11-3)12-4)17(13(5)6)14(7)8/h13-14H,9-12H2,1-8H3. The molecule has 0 aliphatic carbocycles. The molecule has 0 aromatic rings. The molecule has 4 heteroatoms. The van der Waals surface area contributed by atoms with Crippen LogP contribution >= 0.6 is 8.37 Å². The molecule has 0 amide bonds. The molecule has 0 bridgehead atoms. The average Bonchev–Trinajstić information content (AvgIpc) is 2.30. The van der Waals surface area contributed by atoms with Gasteiger partial charge in [0, 0.05) is 38.3 Å². The summed E-state index contributed by atoms with van der Waals surface area (Å²) in [4.78, 5) is 0. The van der Waals surface area contributed by atoms with Crippen molar-refractivity contribution in [3.8, 4) is 0 Å². The lowest BCUT2D eigenvalue weighted by Gasteiger charge is -2.47. The molecule has 0 radical (unpaired) electrons. The van der Waals surface area contributed by atoms with Gasteiger partial charge in [-0.25, -0.2) is 0 Å². The third-order valence-corrected chi connectivity index (χ3v) is 6.71.